The Morgan fingerprint density at radius 3 is 1.14 bits per heavy atom. The molecule has 0 spiro atoms. The van der Waals surface area contributed by atoms with Crippen LogP contribution < -0.4 is 0 Å². The maximum atomic E-state index is 15.1. The molecule has 0 radical (unpaired) electrons. The summed E-state index contributed by atoms with van der Waals surface area (Å²) in [5, 5.41) is 0. The number of alkyl halides is 6. The SMILES string of the molecule is FC(F)(F)C(F)(F)C(F)(c1ccccc1)c1ccccc1. The van der Waals surface area contributed by atoms with E-state index in [2.05, 4.69) is 0 Å². The maximum absolute atomic E-state index is 15.1. The van der Waals surface area contributed by atoms with Gasteiger partial charge < -0.3 is 0 Å². The van der Waals surface area contributed by atoms with Crippen LogP contribution in [0.15, 0.2) is 60.7 Å². The molecule has 0 nitrogen and oxygen atoms in total. The van der Waals surface area contributed by atoms with Crippen LogP contribution >= 0.6 is 0 Å². The minimum atomic E-state index is -6.02. The highest BCUT2D eigenvalue weighted by Crippen LogP contribution is 2.54. The lowest BCUT2D eigenvalue weighted by Gasteiger charge is -2.35. The molecule has 0 aromatic heterocycles. The second kappa shape index (κ2) is 5.09. The monoisotopic (exact) mass is 304 g/mol. The molecule has 2 rings (SSSR count). The van der Waals surface area contributed by atoms with Crippen molar-refractivity contribution < 1.29 is 26.3 Å². The van der Waals surface area contributed by atoms with E-state index in [1.165, 1.54) is 36.4 Å². The molecule has 0 unspecified atom stereocenters. The van der Waals surface area contributed by atoms with Crippen molar-refractivity contribution >= 4 is 0 Å². The fourth-order valence-corrected chi connectivity index (χ4v) is 2.06. The molecule has 0 N–H and O–H groups in total. The Balaban J connectivity index is 2.73. The maximum Gasteiger partial charge on any atom is 0.457 e. The Hall–Kier alpha value is -1.98. The quantitative estimate of drug-likeness (QED) is 0.692. The summed E-state index contributed by atoms with van der Waals surface area (Å²) in [6.07, 6.45) is -6.02. The minimum absolute atomic E-state index is 0.751. The van der Waals surface area contributed by atoms with Gasteiger partial charge in [0.05, 0.1) is 0 Å². The normalized spacial score (nSPS) is 13.2. The average Bonchev–Trinajstić information content (AvgIpc) is 2.47. The number of benzene rings is 2. The smallest absolute Gasteiger partial charge is 0.226 e. The predicted molar refractivity (Wildman–Crippen MR) is 65.8 cm³/mol. The summed E-state index contributed by atoms with van der Waals surface area (Å²) in [6.45, 7) is 0. The molecule has 0 amide bonds. The number of rotatable bonds is 3. The van der Waals surface area contributed by atoms with Crippen LogP contribution in [-0.4, -0.2) is 12.1 Å². The summed E-state index contributed by atoms with van der Waals surface area (Å²) in [6, 6.07) is 11.3. The van der Waals surface area contributed by atoms with Gasteiger partial charge in [-0.15, -0.1) is 0 Å². The van der Waals surface area contributed by atoms with E-state index in [1.807, 2.05) is 0 Å². The average molecular weight is 304 g/mol. The molecule has 6 heteroatoms. The Morgan fingerprint density at radius 2 is 0.857 bits per heavy atom. The van der Waals surface area contributed by atoms with Crippen molar-refractivity contribution in [2.45, 2.75) is 17.8 Å². The lowest BCUT2D eigenvalue weighted by molar-refractivity contribution is -0.323. The molecule has 0 aliphatic heterocycles. The zero-order valence-electron chi connectivity index (χ0n) is 10.5. The van der Waals surface area contributed by atoms with Crippen molar-refractivity contribution in [3.8, 4) is 0 Å². The first-order chi connectivity index (χ1) is 9.71. The molecule has 2 aromatic rings. The highest BCUT2D eigenvalue weighted by Gasteiger charge is 2.72. The third kappa shape index (κ3) is 2.39. The standard InChI is InChI=1S/C15H10F6/c16-13(11-7-3-1-4-8-11,12-9-5-2-6-10-12)14(17,18)15(19,20)21/h1-10H. The van der Waals surface area contributed by atoms with E-state index in [0.717, 1.165) is 24.3 Å². The molecular weight excluding hydrogens is 294 g/mol. The highest BCUT2D eigenvalue weighted by atomic mass is 19.4. The van der Waals surface area contributed by atoms with Crippen LogP contribution in [0, 0.1) is 0 Å². The Labute approximate surface area is 117 Å². The van der Waals surface area contributed by atoms with Crippen LogP contribution in [0.5, 0.6) is 0 Å². The first kappa shape index (κ1) is 15.4. The van der Waals surface area contributed by atoms with Crippen LogP contribution in [0.2, 0.25) is 0 Å². The van der Waals surface area contributed by atoms with Crippen molar-refractivity contribution in [3.05, 3.63) is 71.8 Å². The van der Waals surface area contributed by atoms with Crippen LogP contribution in [0.3, 0.4) is 0 Å². The Kier molecular flexibility index (Phi) is 3.74. The number of halogens is 6. The molecule has 2 aromatic carbocycles. The van der Waals surface area contributed by atoms with E-state index in [9.17, 15) is 22.0 Å². The molecular formula is C15H10F6. The van der Waals surface area contributed by atoms with E-state index >= 15 is 4.39 Å². The molecule has 0 aliphatic carbocycles. The molecule has 0 saturated heterocycles. The van der Waals surface area contributed by atoms with Gasteiger partial charge in [-0.1, -0.05) is 60.7 Å². The summed E-state index contributed by atoms with van der Waals surface area (Å²) in [7, 11) is 0. The van der Waals surface area contributed by atoms with E-state index in [0.29, 0.717) is 0 Å². The first-order valence-corrected chi connectivity index (χ1v) is 5.96. The van der Waals surface area contributed by atoms with Gasteiger partial charge in [0.1, 0.15) is 0 Å². The summed E-state index contributed by atoms with van der Waals surface area (Å²) >= 11 is 0. The second-order valence-corrected chi connectivity index (χ2v) is 4.46. The lowest BCUT2D eigenvalue weighted by atomic mass is 9.82. The van der Waals surface area contributed by atoms with Crippen molar-refractivity contribution in [3.63, 3.8) is 0 Å². The summed E-state index contributed by atoms with van der Waals surface area (Å²) < 4.78 is 80.9. The minimum Gasteiger partial charge on any atom is -0.226 e. The molecule has 0 aliphatic rings. The summed E-state index contributed by atoms with van der Waals surface area (Å²) in [5.41, 5.74) is -5.50. The Morgan fingerprint density at radius 1 is 0.524 bits per heavy atom. The molecule has 0 atom stereocenters. The van der Waals surface area contributed by atoms with Crippen molar-refractivity contribution in [2.75, 3.05) is 0 Å². The third-order valence-electron chi connectivity index (χ3n) is 3.13. The van der Waals surface area contributed by atoms with Gasteiger partial charge in [-0.2, -0.15) is 22.0 Å². The Bertz CT molecular complexity index is 549. The van der Waals surface area contributed by atoms with Crippen molar-refractivity contribution in [1.29, 1.82) is 0 Å². The summed E-state index contributed by atoms with van der Waals surface area (Å²) in [5.74, 6) is -5.57. The van der Waals surface area contributed by atoms with Crippen molar-refractivity contribution in [1.82, 2.24) is 0 Å². The fraction of sp³-hybridized carbons (Fsp3) is 0.200. The summed E-state index contributed by atoms with van der Waals surface area (Å²) in [4.78, 5) is 0. The zero-order valence-corrected chi connectivity index (χ0v) is 10.5. The molecule has 112 valence electrons. The van der Waals surface area contributed by atoms with Gasteiger partial charge in [-0.05, 0) is 0 Å². The molecule has 21 heavy (non-hydrogen) atoms. The molecule has 0 fully saturated rings. The number of hydrogen-bond donors (Lipinski definition) is 0. The fourth-order valence-electron chi connectivity index (χ4n) is 2.06. The highest BCUT2D eigenvalue weighted by molar-refractivity contribution is 5.39. The third-order valence-corrected chi connectivity index (χ3v) is 3.13. The lowest BCUT2D eigenvalue weighted by Crippen LogP contribution is -2.53. The van der Waals surface area contributed by atoms with E-state index in [4.69, 9.17) is 0 Å². The topological polar surface area (TPSA) is 0 Å². The van der Waals surface area contributed by atoms with Crippen molar-refractivity contribution in [2.24, 2.45) is 0 Å². The number of hydrogen-bond acceptors (Lipinski definition) is 0. The van der Waals surface area contributed by atoms with Gasteiger partial charge in [-0.3, -0.25) is 0 Å². The molecule has 0 heterocycles. The largest absolute Gasteiger partial charge is 0.457 e. The van der Waals surface area contributed by atoms with Gasteiger partial charge in [0, 0.05) is 11.1 Å². The molecule has 0 saturated carbocycles. The second-order valence-electron chi connectivity index (χ2n) is 4.46. The van der Waals surface area contributed by atoms with Gasteiger partial charge in [-0.25, -0.2) is 4.39 Å². The molecule has 0 bridgehead atoms. The van der Waals surface area contributed by atoms with E-state index in [1.54, 1.807) is 0 Å². The van der Waals surface area contributed by atoms with Gasteiger partial charge in [0.2, 0.25) is 5.67 Å². The van der Waals surface area contributed by atoms with Gasteiger partial charge in [0.15, 0.2) is 0 Å². The zero-order chi connectivity index (χ0) is 15.7. The first-order valence-electron chi connectivity index (χ1n) is 5.96. The van der Waals surface area contributed by atoms with Crippen LogP contribution in [0.25, 0.3) is 0 Å². The van der Waals surface area contributed by atoms with E-state index < -0.39 is 28.9 Å². The predicted octanol–water partition coefficient (Wildman–Crippen LogP) is 5.10. The van der Waals surface area contributed by atoms with Gasteiger partial charge >= 0.3 is 12.1 Å². The van der Waals surface area contributed by atoms with Crippen LogP contribution in [0.4, 0.5) is 26.3 Å². The van der Waals surface area contributed by atoms with Crippen LogP contribution in [0.1, 0.15) is 11.1 Å². The van der Waals surface area contributed by atoms with Crippen LogP contribution in [-0.2, 0) is 5.67 Å². The van der Waals surface area contributed by atoms with Gasteiger partial charge in [0.25, 0.3) is 0 Å². The van der Waals surface area contributed by atoms with E-state index in [-0.39, 0.29) is 0 Å².